The van der Waals surface area contributed by atoms with E-state index in [0.717, 1.165) is 5.56 Å². The molecule has 0 aliphatic carbocycles. The Hall–Kier alpha value is -0.420. The highest BCUT2D eigenvalue weighted by molar-refractivity contribution is 7.84. The number of halogens is 1. The predicted octanol–water partition coefficient (Wildman–Crippen LogP) is 1.95. The Morgan fingerprint density at radius 2 is 1.94 bits per heavy atom. The quantitative estimate of drug-likeness (QED) is 0.807. The summed E-state index contributed by atoms with van der Waals surface area (Å²) < 4.78 is 11.8. The van der Waals surface area contributed by atoms with Crippen LogP contribution in [0.25, 0.3) is 0 Å². The Bertz CT molecular complexity index is 381. The zero-order chi connectivity index (χ0) is 13.5. The second kappa shape index (κ2) is 7.89. The molecular formula is C13H20ClNO2S. The van der Waals surface area contributed by atoms with E-state index in [1.54, 1.807) is 12.1 Å². The van der Waals surface area contributed by atoms with Crippen LogP contribution in [0.4, 0.5) is 0 Å². The van der Waals surface area contributed by atoms with Gasteiger partial charge in [0.05, 0.1) is 11.9 Å². The maximum Gasteiger partial charge on any atom is 0.0779 e. The Morgan fingerprint density at radius 3 is 2.50 bits per heavy atom. The zero-order valence-electron chi connectivity index (χ0n) is 10.7. The molecule has 0 bridgehead atoms. The standard InChI is InChI=1S/C13H20ClNO2S/c1-10(2)15-7-13(16)9-18(17)8-11-3-5-12(14)6-4-11/h3-6,10,13,15-16H,7-9H2,1-2H3. The normalized spacial score (nSPS) is 14.7. The van der Waals surface area contributed by atoms with Crippen LogP contribution in [0.3, 0.4) is 0 Å². The Balaban J connectivity index is 2.34. The molecule has 0 aliphatic heterocycles. The molecule has 0 saturated heterocycles. The van der Waals surface area contributed by atoms with E-state index in [2.05, 4.69) is 5.32 Å². The van der Waals surface area contributed by atoms with Crippen molar-refractivity contribution in [3.8, 4) is 0 Å². The molecule has 0 aromatic heterocycles. The third-order valence-corrected chi connectivity index (χ3v) is 4.04. The number of hydrogen-bond donors (Lipinski definition) is 2. The maximum atomic E-state index is 11.8. The minimum Gasteiger partial charge on any atom is -0.391 e. The minimum absolute atomic E-state index is 0.294. The highest BCUT2D eigenvalue weighted by Crippen LogP contribution is 2.11. The van der Waals surface area contributed by atoms with Crippen molar-refractivity contribution < 1.29 is 9.32 Å². The van der Waals surface area contributed by atoms with Crippen molar-refractivity contribution >= 4 is 22.4 Å². The largest absolute Gasteiger partial charge is 0.391 e. The van der Waals surface area contributed by atoms with Gasteiger partial charge in [-0.05, 0) is 17.7 Å². The van der Waals surface area contributed by atoms with Crippen molar-refractivity contribution in [2.24, 2.45) is 0 Å². The van der Waals surface area contributed by atoms with Crippen LogP contribution in [0.1, 0.15) is 19.4 Å². The molecule has 0 aliphatic rings. The van der Waals surface area contributed by atoms with E-state index >= 15 is 0 Å². The zero-order valence-corrected chi connectivity index (χ0v) is 12.3. The van der Waals surface area contributed by atoms with Gasteiger partial charge < -0.3 is 10.4 Å². The fourth-order valence-electron chi connectivity index (χ4n) is 1.47. The molecule has 1 rings (SSSR count). The molecule has 1 aromatic rings. The lowest BCUT2D eigenvalue weighted by molar-refractivity contribution is 0.191. The molecule has 0 saturated carbocycles. The van der Waals surface area contributed by atoms with Crippen LogP contribution in [-0.4, -0.2) is 33.8 Å². The molecule has 18 heavy (non-hydrogen) atoms. The number of benzene rings is 1. The van der Waals surface area contributed by atoms with Crippen molar-refractivity contribution in [1.82, 2.24) is 5.32 Å². The average molecular weight is 290 g/mol. The topological polar surface area (TPSA) is 49.3 Å². The van der Waals surface area contributed by atoms with E-state index in [1.807, 2.05) is 26.0 Å². The van der Waals surface area contributed by atoms with Gasteiger partial charge in [0, 0.05) is 34.2 Å². The Kier molecular flexibility index (Phi) is 6.86. The highest BCUT2D eigenvalue weighted by Gasteiger charge is 2.10. The summed E-state index contributed by atoms with van der Waals surface area (Å²) in [6.07, 6.45) is -0.569. The van der Waals surface area contributed by atoms with Crippen LogP contribution >= 0.6 is 11.6 Å². The monoisotopic (exact) mass is 289 g/mol. The molecule has 2 N–H and O–H groups in total. The van der Waals surface area contributed by atoms with E-state index < -0.39 is 16.9 Å². The molecule has 0 heterocycles. The molecule has 2 atom stereocenters. The minimum atomic E-state index is -1.06. The van der Waals surface area contributed by atoms with Crippen LogP contribution in [0, 0.1) is 0 Å². The van der Waals surface area contributed by atoms with Crippen molar-refractivity contribution in [2.45, 2.75) is 31.7 Å². The van der Waals surface area contributed by atoms with E-state index in [4.69, 9.17) is 11.6 Å². The number of aliphatic hydroxyl groups excluding tert-OH is 1. The number of aliphatic hydroxyl groups is 1. The Labute approximate surface area is 116 Å². The summed E-state index contributed by atoms with van der Waals surface area (Å²) in [5, 5.41) is 13.5. The summed E-state index contributed by atoms with van der Waals surface area (Å²) in [5.74, 6) is 0.748. The third-order valence-electron chi connectivity index (χ3n) is 2.38. The third kappa shape index (κ3) is 6.50. The number of nitrogens with one attached hydrogen (secondary N) is 1. The van der Waals surface area contributed by atoms with Crippen molar-refractivity contribution in [2.75, 3.05) is 12.3 Å². The van der Waals surface area contributed by atoms with E-state index in [1.165, 1.54) is 0 Å². The molecule has 0 amide bonds. The van der Waals surface area contributed by atoms with Crippen LogP contribution < -0.4 is 5.32 Å². The first-order chi connectivity index (χ1) is 8.47. The molecule has 0 radical (unpaired) electrons. The lowest BCUT2D eigenvalue weighted by Gasteiger charge is -2.13. The van der Waals surface area contributed by atoms with Crippen molar-refractivity contribution in [1.29, 1.82) is 0 Å². The summed E-state index contributed by atoms with van der Waals surface area (Å²) in [6, 6.07) is 7.61. The lowest BCUT2D eigenvalue weighted by atomic mass is 10.2. The summed E-state index contributed by atoms with van der Waals surface area (Å²) in [4.78, 5) is 0. The molecule has 102 valence electrons. The SMILES string of the molecule is CC(C)NCC(O)CS(=O)Cc1ccc(Cl)cc1. The maximum absolute atomic E-state index is 11.8. The van der Waals surface area contributed by atoms with Gasteiger partial charge in [-0.2, -0.15) is 0 Å². The molecule has 0 spiro atoms. The van der Waals surface area contributed by atoms with Crippen molar-refractivity contribution in [3.63, 3.8) is 0 Å². The van der Waals surface area contributed by atoms with Gasteiger partial charge in [-0.1, -0.05) is 37.6 Å². The van der Waals surface area contributed by atoms with Gasteiger partial charge in [-0.3, -0.25) is 4.21 Å². The number of rotatable bonds is 7. The molecule has 1 aromatic carbocycles. The smallest absolute Gasteiger partial charge is 0.0779 e. The number of hydrogen-bond acceptors (Lipinski definition) is 3. The van der Waals surface area contributed by atoms with Gasteiger partial charge in [0.2, 0.25) is 0 Å². The van der Waals surface area contributed by atoms with Crippen LogP contribution in [-0.2, 0) is 16.6 Å². The van der Waals surface area contributed by atoms with Gasteiger partial charge in [-0.15, -0.1) is 0 Å². The second-order valence-corrected chi connectivity index (χ2v) is 6.53. The van der Waals surface area contributed by atoms with Crippen LogP contribution in [0.2, 0.25) is 5.02 Å². The van der Waals surface area contributed by atoms with Gasteiger partial charge in [-0.25, -0.2) is 0 Å². The predicted molar refractivity (Wildman–Crippen MR) is 77.3 cm³/mol. The first kappa shape index (κ1) is 15.6. The molecule has 2 unspecified atom stereocenters. The fraction of sp³-hybridized carbons (Fsp3) is 0.538. The lowest BCUT2D eigenvalue weighted by Crippen LogP contribution is -2.35. The highest BCUT2D eigenvalue weighted by atomic mass is 35.5. The average Bonchev–Trinajstić information content (AvgIpc) is 2.29. The first-order valence-electron chi connectivity index (χ1n) is 5.98. The van der Waals surface area contributed by atoms with Gasteiger partial charge in [0.25, 0.3) is 0 Å². The molecule has 0 fully saturated rings. The molecular weight excluding hydrogens is 270 g/mol. The summed E-state index contributed by atoms with van der Waals surface area (Å²) in [6.45, 7) is 4.50. The second-order valence-electron chi connectivity index (χ2n) is 4.59. The molecule has 5 heteroatoms. The summed E-state index contributed by atoms with van der Waals surface area (Å²) in [5.41, 5.74) is 0.974. The fourth-order valence-corrected chi connectivity index (χ4v) is 2.83. The van der Waals surface area contributed by atoms with Crippen LogP contribution in [0.5, 0.6) is 0 Å². The summed E-state index contributed by atoms with van der Waals surface area (Å²) >= 11 is 5.78. The van der Waals surface area contributed by atoms with E-state index in [9.17, 15) is 9.32 Å². The van der Waals surface area contributed by atoms with Crippen molar-refractivity contribution in [3.05, 3.63) is 34.9 Å². The van der Waals surface area contributed by atoms with E-state index in [0.29, 0.717) is 29.1 Å². The Morgan fingerprint density at radius 1 is 1.33 bits per heavy atom. The van der Waals surface area contributed by atoms with E-state index in [-0.39, 0.29) is 0 Å². The van der Waals surface area contributed by atoms with Gasteiger partial charge in [0.1, 0.15) is 0 Å². The van der Waals surface area contributed by atoms with Gasteiger partial charge >= 0.3 is 0 Å². The van der Waals surface area contributed by atoms with Gasteiger partial charge in [0.15, 0.2) is 0 Å². The molecule has 3 nitrogen and oxygen atoms in total. The first-order valence-corrected chi connectivity index (χ1v) is 7.85. The summed E-state index contributed by atoms with van der Waals surface area (Å²) in [7, 11) is -1.06. The van der Waals surface area contributed by atoms with Crippen LogP contribution in [0.15, 0.2) is 24.3 Å².